The quantitative estimate of drug-likeness (QED) is 0.333. The molecule has 5 rings (SSSR count). The van der Waals surface area contributed by atoms with Crippen LogP contribution in [0.1, 0.15) is 45.1 Å². The number of methoxy groups -OCH3 is 2. The number of morpholine rings is 1. The summed E-state index contributed by atoms with van der Waals surface area (Å²) in [6.07, 6.45) is 5.52. The number of nitrogens with zero attached hydrogens (tertiary/aromatic N) is 1. The Morgan fingerprint density at radius 3 is 2.39 bits per heavy atom. The molecule has 4 aliphatic rings. The number of rotatable bonds is 10. The van der Waals surface area contributed by atoms with Gasteiger partial charge in [0.15, 0.2) is 11.5 Å². The Balaban J connectivity index is 0.00000306. The molecule has 1 saturated heterocycles. The maximum Gasteiger partial charge on any atom is 0.161 e. The lowest BCUT2D eigenvalue weighted by atomic mass is 9.45. The topological polar surface area (TPSA) is 36.9 Å². The van der Waals surface area contributed by atoms with Crippen LogP contribution in [-0.4, -0.2) is 64.8 Å². The third kappa shape index (κ3) is 5.83. The van der Waals surface area contributed by atoms with Gasteiger partial charge in [0, 0.05) is 16.6 Å². The third-order valence-corrected chi connectivity index (χ3v) is 9.56. The van der Waals surface area contributed by atoms with Gasteiger partial charge in [-0.1, -0.05) is 29.8 Å². The molecular formula is C26H41BrClNO4. The van der Waals surface area contributed by atoms with Crippen molar-refractivity contribution < 1.29 is 35.8 Å². The van der Waals surface area contributed by atoms with E-state index in [1.807, 2.05) is 6.07 Å². The minimum atomic E-state index is 0. The standard InChI is InChI=1S/C26H41BrNO4.ClH/c1-26(2)21-6-5-19(22(26)16-21)7-11-31-12-8-28(9-13-32-14-10-28)18-20-15-24(29-3)25(30-4)17-23(20)27;/h15,17,19,21-22H,5-14,16,18H2,1-4H3;1H/q+1;/p-1. The summed E-state index contributed by atoms with van der Waals surface area (Å²) >= 11 is 3.75. The lowest BCUT2D eigenvalue weighted by Gasteiger charge is -2.60. The van der Waals surface area contributed by atoms with Crippen LogP contribution in [0.5, 0.6) is 11.5 Å². The van der Waals surface area contributed by atoms with E-state index in [4.69, 9.17) is 18.9 Å². The van der Waals surface area contributed by atoms with Crippen molar-refractivity contribution in [1.82, 2.24) is 0 Å². The van der Waals surface area contributed by atoms with E-state index in [0.717, 1.165) is 90.8 Å². The van der Waals surface area contributed by atoms with Crippen molar-refractivity contribution in [2.75, 3.05) is 60.3 Å². The van der Waals surface area contributed by atoms with Crippen LogP contribution in [0.4, 0.5) is 0 Å². The fourth-order valence-corrected chi connectivity index (χ4v) is 6.92. The Morgan fingerprint density at radius 2 is 1.76 bits per heavy atom. The predicted molar refractivity (Wildman–Crippen MR) is 130 cm³/mol. The minimum absolute atomic E-state index is 0. The smallest absolute Gasteiger partial charge is 0.161 e. The molecule has 1 heterocycles. The summed E-state index contributed by atoms with van der Waals surface area (Å²) in [6, 6.07) is 4.12. The van der Waals surface area contributed by atoms with E-state index in [1.54, 1.807) is 14.2 Å². The fourth-order valence-electron chi connectivity index (χ4n) is 6.47. The number of ether oxygens (including phenoxy) is 4. The van der Waals surface area contributed by atoms with Crippen molar-refractivity contribution in [2.45, 2.75) is 46.1 Å². The second kappa shape index (κ2) is 11.5. The predicted octanol–water partition coefficient (Wildman–Crippen LogP) is 2.30. The van der Waals surface area contributed by atoms with E-state index in [9.17, 15) is 0 Å². The molecule has 7 heteroatoms. The van der Waals surface area contributed by atoms with Crippen LogP contribution in [-0.2, 0) is 16.0 Å². The van der Waals surface area contributed by atoms with Crippen molar-refractivity contribution in [3.63, 3.8) is 0 Å². The first-order valence-corrected chi connectivity index (χ1v) is 13.1. The lowest BCUT2D eigenvalue weighted by molar-refractivity contribution is -0.947. The van der Waals surface area contributed by atoms with Gasteiger partial charge in [0.2, 0.25) is 0 Å². The van der Waals surface area contributed by atoms with Gasteiger partial charge in [-0.3, -0.25) is 0 Å². The summed E-state index contributed by atoms with van der Waals surface area (Å²) in [4.78, 5) is 0. The van der Waals surface area contributed by atoms with Gasteiger partial charge in [-0.05, 0) is 61.0 Å². The van der Waals surface area contributed by atoms with Crippen molar-refractivity contribution in [3.8, 4) is 11.5 Å². The molecule has 5 nitrogen and oxygen atoms in total. The van der Waals surface area contributed by atoms with Crippen LogP contribution in [0.15, 0.2) is 16.6 Å². The van der Waals surface area contributed by atoms with Crippen molar-refractivity contribution >= 4 is 15.9 Å². The molecule has 0 aromatic heterocycles. The first-order valence-electron chi connectivity index (χ1n) is 12.3. The van der Waals surface area contributed by atoms with Crippen molar-refractivity contribution in [2.24, 2.45) is 23.2 Å². The molecule has 1 aromatic rings. The molecule has 1 aliphatic heterocycles. The van der Waals surface area contributed by atoms with Crippen LogP contribution in [0.25, 0.3) is 0 Å². The van der Waals surface area contributed by atoms with Crippen molar-refractivity contribution in [1.29, 1.82) is 0 Å². The summed E-state index contributed by atoms with van der Waals surface area (Å²) in [5.74, 6) is 4.30. The van der Waals surface area contributed by atoms with Gasteiger partial charge >= 0.3 is 0 Å². The molecule has 188 valence electrons. The Bertz CT molecular complexity index is 782. The second-order valence-electron chi connectivity index (χ2n) is 10.7. The molecule has 3 atom stereocenters. The summed E-state index contributed by atoms with van der Waals surface area (Å²) in [7, 11) is 3.37. The highest BCUT2D eigenvalue weighted by molar-refractivity contribution is 9.10. The van der Waals surface area contributed by atoms with E-state index in [1.165, 1.54) is 31.2 Å². The summed E-state index contributed by atoms with van der Waals surface area (Å²) in [5.41, 5.74) is 1.81. The number of hydrogen-bond donors (Lipinski definition) is 0. The SMILES string of the molecule is COc1cc(Br)c(C[N+]2(CCOCCC3CCC4CC3C4(C)C)CCOCC2)cc1OC.[Cl-]. The van der Waals surface area contributed by atoms with Gasteiger partial charge in [-0.2, -0.15) is 0 Å². The number of hydrogen-bond acceptors (Lipinski definition) is 4. The van der Waals surface area contributed by atoms with E-state index < -0.39 is 0 Å². The molecular weight excluding hydrogens is 506 g/mol. The zero-order chi connectivity index (χ0) is 22.8. The third-order valence-electron chi connectivity index (χ3n) is 8.82. The average Bonchev–Trinajstić information content (AvgIpc) is 2.80. The Labute approximate surface area is 214 Å². The molecule has 0 N–H and O–H groups in total. The van der Waals surface area contributed by atoms with Gasteiger partial charge in [0.25, 0.3) is 0 Å². The molecule has 1 aromatic carbocycles. The Morgan fingerprint density at radius 1 is 1.06 bits per heavy atom. The van der Waals surface area contributed by atoms with Gasteiger partial charge in [-0.25, -0.2) is 0 Å². The van der Waals surface area contributed by atoms with E-state index in [2.05, 4.69) is 35.8 Å². The molecule has 0 spiro atoms. The van der Waals surface area contributed by atoms with E-state index in [0.29, 0.717) is 5.41 Å². The van der Waals surface area contributed by atoms with E-state index in [-0.39, 0.29) is 12.4 Å². The molecule has 33 heavy (non-hydrogen) atoms. The number of halogens is 2. The number of quaternary nitrogens is 1. The van der Waals surface area contributed by atoms with Crippen molar-refractivity contribution in [3.05, 3.63) is 22.2 Å². The monoisotopic (exact) mass is 545 g/mol. The second-order valence-corrected chi connectivity index (χ2v) is 11.5. The fraction of sp³-hybridized carbons (Fsp3) is 0.769. The highest BCUT2D eigenvalue weighted by Gasteiger charge is 2.53. The van der Waals surface area contributed by atoms with Crippen LogP contribution in [0, 0.1) is 23.2 Å². The maximum atomic E-state index is 6.23. The van der Waals surface area contributed by atoms with Crippen LogP contribution < -0.4 is 21.9 Å². The Kier molecular flexibility index (Phi) is 9.41. The molecule has 3 unspecified atom stereocenters. The first kappa shape index (κ1) is 27.1. The molecule has 4 fully saturated rings. The van der Waals surface area contributed by atoms with Crippen LogP contribution in [0.3, 0.4) is 0 Å². The summed E-state index contributed by atoms with van der Waals surface area (Å²) in [6.45, 7) is 12.3. The van der Waals surface area contributed by atoms with Gasteiger partial charge in [-0.15, -0.1) is 0 Å². The number of fused-ring (bicyclic) bond motifs is 2. The largest absolute Gasteiger partial charge is 1.00 e. The molecule has 2 bridgehead atoms. The Hall–Kier alpha value is -0.530. The average molecular weight is 547 g/mol. The molecule has 3 saturated carbocycles. The van der Waals surface area contributed by atoms with Gasteiger partial charge in [0.05, 0.1) is 34.0 Å². The number of benzene rings is 1. The maximum absolute atomic E-state index is 6.23. The van der Waals surface area contributed by atoms with Gasteiger partial charge < -0.3 is 35.8 Å². The first-order chi connectivity index (χ1) is 15.4. The van der Waals surface area contributed by atoms with Gasteiger partial charge in [0.1, 0.15) is 26.2 Å². The lowest BCUT2D eigenvalue weighted by Crippen LogP contribution is -3.00. The van der Waals surface area contributed by atoms with Crippen LogP contribution >= 0.6 is 15.9 Å². The minimum Gasteiger partial charge on any atom is -1.00 e. The van der Waals surface area contributed by atoms with Crippen LogP contribution in [0.2, 0.25) is 0 Å². The molecule has 0 amide bonds. The zero-order valence-electron chi connectivity index (χ0n) is 20.7. The molecule has 3 aliphatic carbocycles. The highest BCUT2D eigenvalue weighted by atomic mass is 79.9. The summed E-state index contributed by atoms with van der Waals surface area (Å²) in [5, 5.41) is 0. The highest BCUT2D eigenvalue weighted by Crippen LogP contribution is 2.61. The zero-order valence-corrected chi connectivity index (χ0v) is 23.1. The molecule has 0 radical (unpaired) electrons. The van der Waals surface area contributed by atoms with E-state index >= 15 is 0 Å². The normalized spacial score (nSPS) is 27.2. The summed E-state index contributed by atoms with van der Waals surface area (Å²) < 4.78 is 25.0.